The number of nitrogens with zero attached hydrogens (tertiary/aromatic N) is 2. The molecule has 2 aliphatic rings. The molecule has 0 aromatic heterocycles. The van der Waals surface area contributed by atoms with Crippen LogP contribution in [0.25, 0.3) is 0 Å². The van der Waals surface area contributed by atoms with E-state index in [1.54, 1.807) is 31.4 Å². The lowest BCUT2D eigenvalue weighted by Gasteiger charge is -2.38. The molecule has 0 bridgehead atoms. The van der Waals surface area contributed by atoms with Crippen LogP contribution < -0.4 is 9.47 Å². The highest BCUT2D eigenvalue weighted by atomic mass is 16.5. The zero-order valence-electron chi connectivity index (χ0n) is 18.7. The van der Waals surface area contributed by atoms with Crippen LogP contribution in [0.5, 0.6) is 11.5 Å². The highest BCUT2D eigenvalue weighted by molar-refractivity contribution is 6.07. The van der Waals surface area contributed by atoms with E-state index < -0.39 is 0 Å². The van der Waals surface area contributed by atoms with Gasteiger partial charge < -0.3 is 14.2 Å². The molecule has 0 saturated heterocycles. The van der Waals surface area contributed by atoms with Crippen molar-refractivity contribution in [3.05, 3.63) is 59.2 Å². The Morgan fingerprint density at radius 2 is 1.66 bits per heavy atom. The van der Waals surface area contributed by atoms with E-state index in [-0.39, 0.29) is 23.7 Å². The molecule has 1 aliphatic carbocycles. The summed E-state index contributed by atoms with van der Waals surface area (Å²) in [5, 5.41) is 6.40. The molecular weight excluding hydrogens is 408 g/mol. The molecule has 1 fully saturated rings. The molecule has 1 saturated carbocycles. The van der Waals surface area contributed by atoms with Crippen LogP contribution in [-0.4, -0.2) is 43.9 Å². The maximum Gasteiger partial charge on any atom is 0.337 e. The predicted molar refractivity (Wildman–Crippen MR) is 120 cm³/mol. The topological polar surface area (TPSA) is 77.4 Å². The second kappa shape index (κ2) is 9.42. The normalized spacial score (nSPS) is 20.3. The number of ether oxygens (including phenoxy) is 3. The number of fused-ring (bicyclic) bond motifs is 1. The van der Waals surface area contributed by atoms with Gasteiger partial charge in [-0.25, -0.2) is 9.80 Å². The zero-order chi connectivity index (χ0) is 22.7. The Morgan fingerprint density at radius 1 is 0.969 bits per heavy atom. The zero-order valence-corrected chi connectivity index (χ0v) is 18.7. The fourth-order valence-electron chi connectivity index (χ4n) is 4.62. The van der Waals surface area contributed by atoms with Gasteiger partial charge in [0.25, 0.3) is 0 Å². The molecule has 2 aromatic rings. The van der Waals surface area contributed by atoms with E-state index >= 15 is 0 Å². The highest BCUT2D eigenvalue weighted by Gasteiger charge is 2.41. The van der Waals surface area contributed by atoms with Crippen molar-refractivity contribution in [2.45, 2.75) is 32.2 Å². The van der Waals surface area contributed by atoms with Crippen molar-refractivity contribution in [3.8, 4) is 11.5 Å². The number of methoxy groups -OCH3 is 3. The van der Waals surface area contributed by atoms with Crippen LogP contribution in [0.15, 0.2) is 47.6 Å². The van der Waals surface area contributed by atoms with Gasteiger partial charge in [0.2, 0.25) is 5.91 Å². The Morgan fingerprint density at radius 3 is 2.31 bits per heavy atom. The number of amides is 1. The summed E-state index contributed by atoms with van der Waals surface area (Å²) in [5.41, 5.74) is 3.23. The minimum absolute atomic E-state index is 0.0657. The SMILES string of the molecule is COC(=O)c1ccc(CN2N=C(c3ccc(OC)c(OC)c3)C3CCCCC3C2=O)cc1. The lowest BCUT2D eigenvalue weighted by atomic mass is 9.73. The maximum atomic E-state index is 13.3. The van der Waals surface area contributed by atoms with Gasteiger partial charge in [0.15, 0.2) is 11.5 Å². The summed E-state index contributed by atoms with van der Waals surface area (Å²) in [4.78, 5) is 25.0. The van der Waals surface area contributed by atoms with Crippen LogP contribution in [0, 0.1) is 11.8 Å². The molecule has 1 amide bonds. The molecule has 168 valence electrons. The molecule has 7 heteroatoms. The smallest absolute Gasteiger partial charge is 0.337 e. The number of carbonyl (C=O) groups excluding carboxylic acids is 2. The third kappa shape index (κ3) is 4.20. The van der Waals surface area contributed by atoms with E-state index in [4.69, 9.17) is 19.3 Å². The summed E-state index contributed by atoms with van der Waals surface area (Å²) in [6.45, 7) is 0.348. The summed E-state index contributed by atoms with van der Waals surface area (Å²) in [6, 6.07) is 12.9. The van der Waals surface area contributed by atoms with Gasteiger partial charge in [-0.15, -0.1) is 0 Å². The fourth-order valence-corrected chi connectivity index (χ4v) is 4.62. The average Bonchev–Trinajstić information content (AvgIpc) is 2.85. The maximum absolute atomic E-state index is 13.3. The van der Waals surface area contributed by atoms with Crippen LogP contribution in [0.4, 0.5) is 0 Å². The summed E-state index contributed by atoms with van der Waals surface area (Å²) in [5.74, 6) is 1.01. The first-order valence-corrected chi connectivity index (χ1v) is 10.8. The van der Waals surface area contributed by atoms with Gasteiger partial charge in [-0.2, -0.15) is 5.10 Å². The number of carbonyl (C=O) groups is 2. The minimum Gasteiger partial charge on any atom is -0.493 e. The van der Waals surface area contributed by atoms with Crippen molar-refractivity contribution in [3.63, 3.8) is 0 Å². The minimum atomic E-state index is -0.385. The number of hydrazone groups is 1. The Bertz CT molecular complexity index is 1030. The van der Waals surface area contributed by atoms with Crippen molar-refractivity contribution in [2.24, 2.45) is 16.9 Å². The van der Waals surface area contributed by atoms with E-state index in [1.807, 2.05) is 30.3 Å². The average molecular weight is 437 g/mol. The van der Waals surface area contributed by atoms with Crippen molar-refractivity contribution in [1.82, 2.24) is 5.01 Å². The van der Waals surface area contributed by atoms with Crippen LogP contribution >= 0.6 is 0 Å². The number of hydrogen-bond acceptors (Lipinski definition) is 6. The largest absolute Gasteiger partial charge is 0.493 e. The molecule has 0 radical (unpaired) electrons. The Kier molecular flexibility index (Phi) is 6.44. The first kappa shape index (κ1) is 21.9. The Labute approximate surface area is 188 Å². The molecule has 4 rings (SSSR count). The summed E-state index contributed by atoms with van der Waals surface area (Å²) >= 11 is 0. The first-order chi connectivity index (χ1) is 15.5. The predicted octanol–water partition coefficient (Wildman–Crippen LogP) is 4.04. The Hall–Kier alpha value is -3.35. The Balaban J connectivity index is 1.67. The van der Waals surface area contributed by atoms with Gasteiger partial charge in [0.1, 0.15) is 0 Å². The molecule has 2 unspecified atom stereocenters. The van der Waals surface area contributed by atoms with Gasteiger partial charge in [-0.1, -0.05) is 25.0 Å². The standard InChI is InChI=1S/C25H28N2O5/c1-30-21-13-12-18(14-22(21)31-2)23-19-6-4-5-7-20(19)24(28)27(26-23)15-16-8-10-17(11-9-16)25(29)32-3/h8-14,19-20H,4-7,15H2,1-3H3. The molecule has 1 aliphatic heterocycles. The first-order valence-electron chi connectivity index (χ1n) is 10.8. The van der Waals surface area contributed by atoms with Gasteiger partial charge in [0.05, 0.1) is 39.1 Å². The highest BCUT2D eigenvalue weighted by Crippen LogP contribution is 2.39. The molecule has 7 nitrogen and oxygen atoms in total. The van der Waals surface area contributed by atoms with Gasteiger partial charge >= 0.3 is 5.97 Å². The van der Waals surface area contributed by atoms with Crippen molar-refractivity contribution >= 4 is 17.6 Å². The van der Waals surface area contributed by atoms with Crippen molar-refractivity contribution in [1.29, 1.82) is 0 Å². The van der Waals surface area contributed by atoms with E-state index in [0.717, 1.165) is 42.5 Å². The second-order valence-corrected chi connectivity index (χ2v) is 8.14. The van der Waals surface area contributed by atoms with Crippen LogP contribution in [-0.2, 0) is 16.1 Å². The van der Waals surface area contributed by atoms with E-state index in [1.165, 1.54) is 7.11 Å². The van der Waals surface area contributed by atoms with Crippen molar-refractivity contribution in [2.75, 3.05) is 21.3 Å². The van der Waals surface area contributed by atoms with Crippen LogP contribution in [0.2, 0.25) is 0 Å². The molecular formula is C25H28N2O5. The fraction of sp³-hybridized carbons (Fsp3) is 0.400. The van der Waals surface area contributed by atoms with Gasteiger partial charge in [0, 0.05) is 17.4 Å². The van der Waals surface area contributed by atoms with Crippen LogP contribution in [0.1, 0.15) is 47.2 Å². The van der Waals surface area contributed by atoms with E-state index in [2.05, 4.69) is 0 Å². The van der Waals surface area contributed by atoms with Crippen molar-refractivity contribution < 1.29 is 23.8 Å². The lowest BCUT2D eigenvalue weighted by molar-refractivity contribution is -0.139. The molecule has 1 heterocycles. The summed E-state index contributed by atoms with van der Waals surface area (Å²) < 4.78 is 15.6. The molecule has 2 aromatic carbocycles. The number of esters is 1. The monoisotopic (exact) mass is 436 g/mol. The molecule has 0 spiro atoms. The summed E-state index contributed by atoms with van der Waals surface area (Å²) in [7, 11) is 4.58. The summed E-state index contributed by atoms with van der Waals surface area (Å²) in [6.07, 6.45) is 3.96. The van der Waals surface area contributed by atoms with Gasteiger partial charge in [-0.3, -0.25) is 4.79 Å². The quantitative estimate of drug-likeness (QED) is 0.639. The third-order valence-corrected chi connectivity index (χ3v) is 6.30. The van der Waals surface area contributed by atoms with E-state index in [0.29, 0.717) is 23.6 Å². The van der Waals surface area contributed by atoms with E-state index in [9.17, 15) is 9.59 Å². The second-order valence-electron chi connectivity index (χ2n) is 8.14. The number of hydrogen-bond donors (Lipinski definition) is 0. The number of rotatable bonds is 6. The third-order valence-electron chi connectivity index (χ3n) is 6.30. The molecule has 32 heavy (non-hydrogen) atoms. The molecule has 2 atom stereocenters. The number of benzene rings is 2. The molecule has 0 N–H and O–H groups in total. The van der Waals surface area contributed by atoms with Crippen LogP contribution in [0.3, 0.4) is 0 Å². The lowest BCUT2D eigenvalue weighted by Crippen LogP contribution is -2.45. The van der Waals surface area contributed by atoms with Gasteiger partial charge in [-0.05, 0) is 48.7 Å².